The van der Waals surface area contributed by atoms with Gasteiger partial charge in [-0.3, -0.25) is 14.5 Å². The third kappa shape index (κ3) is 2.34. The van der Waals surface area contributed by atoms with Crippen LogP contribution in [0, 0.1) is 5.92 Å². The van der Waals surface area contributed by atoms with Crippen molar-refractivity contribution in [1.29, 1.82) is 0 Å². The Labute approximate surface area is 139 Å². The summed E-state index contributed by atoms with van der Waals surface area (Å²) < 4.78 is 0. The number of oxime groups is 1. The van der Waals surface area contributed by atoms with E-state index >= 15 is 0 Å². The van der Waals surface area contributed by atoms with E-state index in [0.717, 1.165) is 31.2 Å². The lowest BCUT2D eigenvalue weighted by Gasteiger charge is -2.29. The summed E-state index contributed by atoms with van der Waals surface area (Å²) in [5.41, 5.74) is 1.30. The molecule has 1 aliphatic carbocycles. The van der Waals surface area contributed by atoms with Crippen molar-refractivity contribution in [3.05, 3.63) is 34.9 Å². The van der Waals surface area contributed by atoms with Crippen molar-refractivity contribution in [2.75, 3.05) is 0 Å². The molecule has 0 spiro atoms. The molecule has 3 aliphatic rings. The first kappa shape index (κ1) is 14.7. The van der Waals surface area contributed by atoms with Gasteiger partial charge in [-0.15, -0.1) is 0 Å². The van der Waals surface area contributed by atoms with E-state index < -0.39 is 12.0 Å². The highest BCUT2D eigenvalue weighted by Gasteiger charge is 2.57. The topological polar surface area (TPSA) is 59.0 Å². The molecule has 6 heteroatoms. The Morgan fingerprint density at radius 3 is 2.43 bits per heavy atom. The fourth-order valence-electron chi connectivity index (χ4n) is 3.76. The van der Waals surface area contributed by atoms with Gasteiger partial charge in [0.2, 0.25) is 12.0 Å². The van der Waals surface area contributed by atoms with Crippen LogP contribution in [-0.4, -0.2) is 34.6 Å². The summed E-state index contributed by atoms with van der Waals surface area (Å²) in [6, 6.07) is 7.10. The van der Waals surface area contributed by atoms with Gasteiger partial charge in [0, 0.05) is 16.6 Å². The Morgan fingerprint density at radius 2 is 1.74 bits per heavy atom. The van der Waals surface area contributed by atoms with Gasteiger partial charge in [-0.05, 0) is 25.0 Å². The zero-order chi connectivity index (χ0) is 16.0. The maximum absolute atomic E-state index is 12.9. The summed E-state index contributed by atoms with van der Waals surface area (Å²) in [5, 5.41) is 4.62. The number of hydrogen-bond donors (Lipinski definition) is 0. The van der Waals surface area contributed by atoms with Gasteiger partial charge in [0.1, 0.15) is 11.6 Å². The summed E-state index contributed by atoms with van der Waals surface area (Å²) in [6.07, 6.45) is 4.30. The van der Waals surface area contributed by atoms with Gasteiger partial charge in [-0.2, -0.15) is 0 Å². The number of fused-ring (bicyclic) bond motifs is 1. The smallest absolute Gasteiger partial charge is 0.274 e. The van der Waals surface area contributed by atoms with Crippen LogP contribution in [0.3, 0.4) is 0 Å². The van der Waals surface area contributed by atoms with Crippen molar-refractivity contribution in [3.8, 4) is 0 Å². The van der Waals surface area contributed by atoms with Crippen molar-refractivity contribution in [3.63, 3.8) is 0 Å². The molecule has 5 nitrogen and oxygen atoms in total. The van der Waals surface area contributed by atoms with E-state index in [1.807, 2.05) is 0 Å². The van der Waals surface area contributed by atoms with Gasteiger partial charge >= 0.3 is 0 Å². The van der Waals surface area contributed by atoms with Crippen LogP contribution < -0.4 is 0 Å². The Hall–Kier alpha value is -1.88. The van der Waals surface area contributed by atoms with Gasteiger partial charge in [-0.25, -0.2) is 0 Å². The van der Waals surface area contributed by atoms with Gasteiger partial charge in [-0.1, -0.05) is 48.2 Å². The highest BCUT2D eigenvalue weighted by Crippen LogP contribution is 2.36. The fourth-order valence-corrected chi connectivity index (χ4v) is 3.88. The van der Waals surface area contributed by atoms with Crippen molar-refractivity contribution >= 4 is 29.1 Å². The van der Waals surface area contributed by atoms with Crippen LogP contribution in [0.2, 0.25) is 5.02 Å². The maximum atomic E-state index is 12.9. The highest BCUT2D eigenvalue weighted by molar-refractivity contribution is 6.31. The number of halogens is 1. The molecule has 0 unspecified atom stereocenters. The second-order valence-corrected chi connectivity index (χ2v) is 6.76. The molecule has 0 radical (unpaired) electrons. The molecule has 0 N–H and O–H groups in total. The van der Waals surface area contributed by atoms with Crippen LogP contribution in [0.5, 0.6) is 0 Å². The Bertz CT molecular complexity index is 680. The standard InChI is InChI=1S/C17H17ClN2O3/c18-11-8-6-10(7-9-11)14-13-15(23-19-14)17(22)20(16(13)21)12-4-2-1-3-5-12/h6-9,12-13,15H,1-5H2/t13-,15+/m0/s1. The lowest BCUT2D eigenvalue weighted by Crippen LogP contribution is -2.43. The van der Waals surface area contributed by atoms with E-state index in [0.29, 0.717) is 10.7 Å². The first-order valence-electron chi connectivity index (χ1n) is 8.03. The molecule has 4 rings (SSSR count). The largest absolute Gasteiger partial charge is 0.381 e. The second-order valence-electron chi connectivity index (χ2n) is 6.33. The van der Waals surface area contributed by atoms with Crippen LogP contribution in [0.1, 0.15) is 37.7 Å². The molecule has 1 aromatic carbocycles. The van der Waals surface area contributed by atoms with Crippen molar-refractivity contribution < 1.29 is 14.4 Å². The summed E-state index contributed by atoms with van der Waals surface area (Å²) in [6.45, 7) is 0. The molecule has 2 fully saturated rings. The average molecular weight is 333 g/mol. The lowest BCUT2D eigenvalue weighted by molar-refractivity contribution is -0.145. The van der Waals surface area contributed by atoms with E-state index in [4.69, 9.17) is 16.4 Å². The number of likely N-dealkylation sites (tertiary alicyclic amines) is 1. The fraction of sp³-hybridized carbons (Fsp3) is 0.471. The molecule has 2 atom stereocenters. The second kappa shape index (κ2) is 5.64. The number of nitrogens with zero attached hydrogens (tertiary/aromatic N) is 2. The normalized spacial score (nSPS) is 27.9. The first-order chi connectivity index (χ1) is 11.2. The molecule has 120 valence electrons. The number of benzene rings is 1. The first-order valence-corrected chi connectivity index (χ1v) is 8.41. The number of hydrogen-bond acceptors (Lipinski definition) is 4. The Balaban J connectivity index is 1.62. The maximum Gasteiger partial charge on any atom is 0.274 e. The molecule has 2 amide bonds. The molecular formula is C17H17ClN2O3. The Morgan fingerprint density at radius 1 is 1.04 bits per heavy atom. The van der Waals surface area contributed by atoms with Crippen LogP contribution in [0.25, 0.3) is 0 Å². The van der Waals surface area contributed by atoms with E-state index in [2.05, 4.69) is 5.16 Å². The van der Waals surface area contributed by atoms with Gasteiger partial charge in [0.05, 0.1) is 0 Å². The van der Waals surface area contributed by atoms with E-state index in [-0.39, 0.29) is 17.9 Å². The zero-order valence-electron chi connectivity index (χ0n) is 12.6. The molecule has 1 aromatic rings. The molecule has 2 aliphatic heterocycles. The summed E-state index contributed by atoms with van der Waals surface area (Å²) >= 11 is 5.91. The van der Waals surface area contributed by atoms with E-state index in [1.54, 1.807) is 24.3 Å². The molecule has 23 heavy (non-hydrogen) atoms. The minimum atomic E-state index is -0.796. The summed E-state index contributed by atoms with van der Waals surface area (Å²) in [7, 11) is 0. The summed E-state index contributed by atoms with van der Waals surface area (Å²) in [5.74, 6) is -1.02. The molecular weight excluding hydrogens is 316 g/mol. The molecule has 2 heterocycles. The van der Waals surface area contributed by atoms with E-state index in [9.17, 15) is 9.59 Å². The number of imide groups is 1. The average Bonchev–Trinajstić information content (AvgIpc) is 3.10. The minimum absolute atomic E-state index is 0.0180. The Kier molecular flexibility index (Phi) is 3.60. The SMILES string of the molecule is O=C1[C@H]2C(c3ccc(Cl)cc3)=NO[C@H]2C(=O)N1C1CCCCC1. The molecule has 1 saturated heterocycles. The number of carbonyl (C=O) groups is 2. The highest BCUT2D eigenvalue weighted by atomic mass is 35.5. The minimum Gasteiger partial charge on any atom is -0.381 e. The van der Waals surface area contributed by atoms with Crippen molar-refractivity contribution in [2.45, 2.75) is 44.2 Å². The van der Waals surface area contributed by atoms with E-state index in [1.165, 1.54) is 11.3 Å². The number of amides is 2. The van der Waals surface area contributed by atoms with Crippen LogP contribution in [0.15, 0.2) is 29.4 Å². The van der Waals surface area contributed by atoms with Gasteiger partial charge in [0.15, 0.2) is 0 Å². The molecule has 0 bridgehead atoms. The predicted molar refractivity (Wildman–Crippen MR) is 85.1 cm³/mol. The predicted octanol–water partition coefficient (Wildman–Crippen LogP) is 2.76. The quantitative estimate of drug-likeness (QED) is 0.782. The number of carbonyl (C=O) groups excluding carboxylic acids is 2. The molecule has 0 aromatic heterocycles. The van der Waals surface area contributed by atoms with Crippen molar-refractivity contribution in [2.24, 2.45) is 11.1 Å². The summed E-state index contributed by atoms with van der Waals surface area (Å²) in [4.78, 5) is 32.2. The molecule has 1 saturated carbocycles. The van der Waals surface area contributed by atoms with Crippen LogP contribution >= 0.6 is 11.6 Å². The lowest BCUT2D eigenvalue weighted by atomic mass is 9.93. The number of rotatable bonds is 2. The third-order valence-electron chi connectivity index (χ3n) is 4.93. The third-order valence-corrected chi connectivity index (χ3v) is 5.18. The monoisotopic (exact) mass is 332 g/mol. The van der Waals surface area contributed by atoms with Gasteiger partial charge < -0.3 is 4.84 Å². The van der Waals surface area contributed by atoms with Crippen molar-refractivity contribution in [1.82, 2.24) is 4.90 Å². The zero-order valence-corrected chi connectivity index (χ0v) is 13.3. The van der Waals surface area contributed by atoms with Gasteiger partial charge in [0.25, 0.3) is 5.91 Å². The van der Waals surface area contributed by atoms with Crippen LogP contribution in [0.4, 0.5) is 0 Å². The van der Waals surface area contributed by atoms with Crippen LogP contribution in [-0.2, 0) is 14.4 Å².